The Balaban J connectivity index is 1.78. The number of unbranched alkanes of at least 4 members (excludes halogenated alkanes) is 5. The lowest BCUT2D eigenvalue weighted by atomic mass is 10.1. The van der Waals surface area contributed by atoms with Crippen molar-refractivity contribution < 1.29 is 18.7 Å². The van der Waals surface area contributed by atoms with Gasteiger partial charge in [-0.05, 0) is 37.5 Å². The van der Waals surface area contributed by atoms with E-state index in [1.54, 1.807) is 23.0 Å². The van der Waals surface area contributed by atoms with Crippen LogP contribution in [0, 0.1) is 6.92 Å². The van der Waals surface area contributed by atoms with Crippen LogP contribution < -0.4 is 5.43 Å². The molecule has 1 heterocycles. The first-order chi connectivity index (χ1) is 19.4. The van der Waals surface area contributed by atoms with Crippen LogP contribution in [0.2, 0.25) is 0 Å². The van der Waals surface area contributed by atoms with Crippen molar-refractivity contribution in [3.05, 3.63) is 81.7 Å². The Morgan fingerprint density at radius 2 is 1.62 bits per heavy atom. The Bertz CT molecular complexity index is 1270. The molecule has 0 aliphatic rings. The zero-order valence-corrected chi connectivity index (χ0v) is 24.3. The summed E-state index contributed by atoms with van der Waals surface area (Å²) in [7, 11) is 1.63. The third-order valence-corrected chi connectivity index (χ3v) is 7.13. The molecule has 1 aromatic heterocycles. The largest absolute Gasteiger partial charge is 0.464 e. The molecule has 0 fully saturated rings. The van der Waals surface area contributed by atoms with Crippen molar-refractivity contribution in [1.29, 1.82) is 0 Å². The number of ether oxygens (including phenoxy) is 1. The maximum atomic E-state index is 13.7. The number of fused-ring (bicyclic) bond motifs is 1. The van der Waals surface area contributed by atoms with Gasteiger partial charge in [0.2, 0.25) is 11.8 Å². The van der Waals surface area contributed by atoms with Gasteiger partial charge in [-0.1, -0.05) is 81.0 Å². The van der Waals surface area contributed by atoms with Crippen molar-refractivity contribution >= 4 is 22.8 Å². The minimum Gasteiger partial charge on any atom is -0.464 e. The molecule has 0 radical (unpaired) electrons. The molecule has 3 aromatic rings. The van der Waals surface area contributed by atoms with E-state index >= 15 is 0 Å². The normalized spacial score (nSPS) is 11.1. The van der Waals surface area contributed by atoms with Gasteiger partial charge < -0.3 is 19.0 Å². The van der Waals surface area contributed by atoms with Crippen LogP contribution in [0.5, 0.6) is 0 Å². The van der Waals surface area contributed by atoms with E-state index in [1.165, 1.54) is 25.5 Å². The predicted molar refractivity (Wildman–Crippen MR) is 159 cm³/mol. The van der Waals surface area contributed by atoms with E-state index in [2.05, 4.69) is 6.92 Å². The number of carbonyl (C=O) groups excluding carboxylic acids is 2. The number of benzene rings is 2. The second kappa shape index (κ2) is 16.6. The fraction of sp³-hybridized carbons (Fsp3) is 0.485. The Morgan fingerprint density at radius 1 is 0.875 bits per heavy atom. The first-order valence-corrected chi connectivity index (χ1v) is 14.5. The van der Waals surface area contributed by atoms with Gasteiger partial charge in [0.05, 0.1) is 30.3 Å². The molecule has 7 heteroatoms. The van der Waals surface area contributed by atoms with Crippen LogP contribution >= 0.6 is 0 Å². The fourth-order valence-corrected chi connectivity index (χ4v) is 4.81. The summed E-state index contributed by atoms with van der Waals surface area (Å²) in [6, 6.07) is 15.2. The second-order valence-corrected chi connectivity index (χ2v) is 10.5. The molecule has 0 bridgehead atoms. The molecule has 2 aromatic carbocycles. The molecule has 0 aliphatic heterocycles. The van der Waals surface area contributed by atoms with E-state index in [0.717, 1.165) is 30.4 Å². The lowest BCUT2D eigenvalue weighted by Crippen LogP contribution is -2.43. The summed E-state index contributed by atoms with van der Waals surface area (Å²) in [5.41, 5.74) is 2.69. The molecular formula is C33H44N2O5. The zero-order chi connectivity index (χ0) is 28.7. The van der Waals surface area contributed by atoms with Crippen LogP contribution in [0.1, 0.15) is 75.0 Å². The van der Waals surface area contributed by atoms with Crippen LogP contribution in [0.4, 0.5) is 0 Å². The van der Waals surface area contributed by atoms with Gasteiger partial charge >= 0.3 is 0 Å². The number of methoxy groups -OCH3 is 1. The van der Waals surface area contributed by atoms with Gasteiger partial charge in [-0.25, -0.2) is 0 Å². The Labute approximate surface area is 238 Å². The molecule has 0 unspecified atom stereocenters. The molecular weight excluding hydrogens is 504 g/mol. The number of aryl methyl sites for hydroxylation is 1. The molecule has 7 nitrogen and oxygen atoms in total. The molecule has 0 saturated carbocycles. The third kappa shape index (κ3) is 9.63. The van der Waals surface area contributed by atoms with Gasteiger partial charge in [0.1, 0.15) is 5.58 Å². The first-order valence-electron chi connectivity index (χ1n) is 14.5. The summed E-state index contributed by atoms with van der Waals surface area (Å²) in [4.78, 5) is 43.6. The molecule has 40 heavy (non-hydrogen) atoms. The smallest absolute Gasteiger partial charge is 0.242 e. The maximum absolute atomic E-state index is 13.7. The molecule has 0 N–H and O–H groups in total. The summed E-state index contributed by atoms with van der Waals surface area (Å²) in [6.45, 7) is 5.46. The van der Waals surface area contributed by atoms with Gasteiger partial charge in [-0.3, -0.25) is 14.4 Å². The van der Waals surface area contributed by atoms with E-state index in [1.807, 2.05) is 49.4 Å². The number of amides is 2. The molecule has 0 atom stereocenters. The highest BCUT2D eigenvalue weighted by Crippen LogP contribution is 2.16. The highest BCUT2D eigenvalue weighted by atomic mass is 16.5. The van der Waals surface area contributed by atoms with Crippen LogP contribution in [-0.2, 0) is 27.4 Å². The van der Waals surface area contributed by atoms with Crippen molar-refractivity contribution in [2.75, 3.05) is 26.8 Å². The number of rotatable bonds is 17. The second-order valence-electron chi connectivity index (χ2n) is 10.5. The predicted octanol–water partition coefficient (Wildman–Crippen LogP) is 6.25. The quantitative estimate of drug-likeness (QED) is 0.186. The lowest BCUT2D eigenvalue weighted by molar-refractivity contribution is -0.141. The average molecular weight is 549 g/mol. The fourth-order valence-electron chi connectivity index (χ4n) is 4.81. The zero-order valence-electron chi connectivity index (χ0n) is 24.3. The Hall–Kier alpha value is -3.45. The van der Waals surface area contributed by atoms with Crippen molar-refractivity contribution in [1.82, 2.24) is 9.80 Å². The van der Waals surface area contributed by atoms with Crippen LogP contribution in [0.3, 0.4) is 0 Å². The summed E-state index contributed by atoms with van der Waals surface area (Å²) in [5, 5.41) is 0.500. The third-order valence-electron chi connectivity index (χ3n) is 7.13. The van der Waals surface area contributed by atoms with Crippen molar-refractivity contribution in [3.8, 4) is 0 Å². The van der Waals surface area contributed by atoms with Gasteiger partial charge in [0.15, 0.2) is 5.43 Å². The topological polar surface area (TPSA) is 80.1 Å². The van der Waals surface area contributed by atoms with Gasteiger partial charge in [0, 0.05) is 33.2 Å². The van der Waals surface area contributed by atoms with E-state index in [4.69, 9.17) is 9.15 Å². The van der Waals surface area contributed by atoms with Crippen molar-refractivity contribution in [2.45, 2.75) is 78.3 Å². The maximum Gasteiger partial charge on any atom is 0.242 e. The molecule has 0 aliphatic carbocycles. The van der Waals surface area contributed by atoms with E-state index in [0.29, 0.717) is 49.1 Å². The van der Waals surface area contributed by atoms with Gasteiger partial charge in [0.25, 0.3) is 0 Å². The standard InChI is InChI=1S/C33H44N2O5/c1-4-5-6-7-8-12-16-31(36)34(19-13-20-39-3)24-32(37)35(22-27-14-10-9-11-15-27)23-28-25-40-30-18-17-26(2)21-29(30)33(28)38/h9-11,14-15,17-18,21,25H,4-8,12-13,16,19-20,22-24H2,1-3H3. The monoisotopic (exact) mass is 548 g/mol. The molecule has 3 rings (SSSR count). The van der Waals surface area contributed by atoms with Crippen LogP contribution in [0.15, 0.2) is 64.0 Å². The number of carbonyl (C=O) groups is 2. The van der Waals surface area contributed by atoms with E-state index in [9.17, 15) is 14.4 Å². The van der Waals surface area contributed by atoms with Crippen LogP contribution in [-0.4, -0.2) is 48.4 Å². The summed E-state index contributed by atoms with van der Waals surface area (Å²) in [6.07, 6.45) is 9.10. The number of nitrogens with zero attached hydrogens (tertiary/aromatic N) is 2. The highest BCUT2D eigenvalue weighted by Gasteiger charge is 2.23. The summed E-state index contributed by atoms with van der Waals surface area (Å²) in [5.74, 6) is -0.221. The first kappa shape index (κ1) is 31.1. The SMILES string of the molecule is CCCCCCCCC(=O)N(CCCOC)CC(=O)N(Cc1ccccc1)Cc1coc2ccc(C)cc2c1=O. The molecule has 216 valence electrons. The highest BCUT2D eigenvalue weighted by molar-refractivity contribution is 5.85. The minimum atomic E-state index is -0.207. The summed E-state index contributed by atoms with van der Waals surface area (Å²) >= 11 is 0. The van der Waals surface area contributed by atoms with Crippen LogP contribution in [0.25, 0.3) is 11.0 Å². The Kier molecular flexibility index (Phi) is 12.9. The average Bonchev–Trinajstić information content (AvgIpc) is 2.96. The number of hydrogen-bond donors (Lipinski definition) is 0. The van der Waals surface area contributed by atoms with Crippen molar-refractivity contribution in [2.24, 2.45) is 0 Å². The van der Waals surface area contributed by atoms with Crippen molar-refractivity contribution in [3.63, 3.8) is 0 Å². The van der Waals surface area contributed by atoms with E-state index in [-0.39, 0.29) is 30.3 Å². The summed E-state index contributed by atoms with van der Waals surface area (Å²) < 4.78 is 11.0. The molecule has 0 spiro atoms. The molecule has 2 amide bonds. The Morgan fingerprint density at radius 3 is 2.38 bits per heavy atom. The number of hydrogen-bond acceptors (Lipinski definition) is 5. The molecule has 0 saturated heterocycles. The van der Waals surface area contributed by atoms with E-state index < -0.39 is 0 Å². The van der Waals surface area contributed by atoms with Gasteiger partial charge in [-0.2, -0.15) is 0 Å². The van der Waals surface area contributed by atoms with Gasteiger partial charge in [-0.15, -0.1) is 0 Å². The lowest BCUT2D eigenvalue weighted by Gasteiger charge is -2.28. The minimum absolute atomic E-state index is 0.0136.